The van der Waals surface area contributed by atoms with Crippen LogP contribution in [0.3, 0.4) is 0 Å². The van der Waals surface area contributed by atoms with E-state index < -0.39 is 17.4 Å². The lowest BCUT2D eigenvalue weighted by Crippen LogP contribution is -2.49. The van der Waals surface area contributed by atoms with Gasteiger partial charge >= 0.3 is 0 Å². The molecule has 2 N–H and O–H groups in total. The molecule has 1 saturated carbocycles. The zero-order valence-corrected chi connectivity index (χ0v) is 17.3. The van der Waals surface area contributed by atoms with Gasteiger partial charge in [0, 0.05) is 43.6 Å². The number of methoxy groups -OCH3 is 1. The lowest BCUT2D eigenvalue weighted by atomic mass is 9.65. The molecule has 1 fully saturated rings. The van der Waals surface area contributed by atoms with E-state index in [1.54, 1.807) is 13.3 Å². The van der Waals surface area contributed by atoms with E-state index in [-0.39, 0.29) is 18.5 Å². The summed E-state index contributed by atoms with van der Waals surface area (Å²) in [5, 5.41) is 6.45. The summed E-state index contributed by atoms with van der Waals surface area (Å²) in [6, 6.07) is 12.7. The number of halogens is 2. The maximum atomic E-state index is 14.4. The number of hydrogen-bond acceptors (Lipinski definition) is 6. The van der Waals surface area contributed by atoms with Gasteiger partial charge in [-0.05, 0) is 30.5 Å². The summed E-state index contributed by atoms with van der Waals surface area (Å²) in [6.45, 7) is 1.41. The molecule has 162 valence electrons. The van der Waals surface area contributed by atoms with Crippen LogP contribution in [0.25, 0.3) is 11.1 Å². The fraction of sp³-hybridized carbons (Fsp3) is 0.348. The predicted molar refractivity (Wildman–Crippen MR) is 116 cm³/mol. The minimum atomic E-state index is -0.962. The molecule has 31 heavy (non-hydrogen) atoms. The lowest BCUT2D eigenvalue weighted by molar-refractivity contribution is 0.0963. The van der Waals surface area contributed by atoms with Gasteiger partial charge in [-0.2, -0.15) is 4.98 Å². The van der Waals surface area contributed by atoms with Gasteiger partial charge in [-0.3, -0.25) is 4.98 Å². The summed E-state index contributed by atoms with van der Waals surface area (Å²) in [6.07, 6.45) is 2.75. The van der Waals surface area contributed by atoms with Crippen molar-refractivity contribution in [2.45, 2.75) is 24.4 Å². The average molecular weight is 425 g/mol. The predicted octanol–water partition coefficient (Wildman–Crippen LogP) is 4.22. The standard InChI is InChI=1S/C23H25F2N5O/c1-31-11-10-27-21-18(16-6-3-2-4-7-16)14-28-22(30-21)29-15-23(12-17(24)13-23)20-19(25)8-5-9-26-20/h2-9,14,17H,10-13,15H2,1H3,(H2,27,28,29,30)/t17-,23-. The van der Waals surface area contributed by atoms with E-state index in [0.29, 0.717) is 31.5 Å². The van der Waals surface area contributed by atoms with Crippen LogP contribution < -0.4 is 10.6 Å². The van der Waals surface area contributed by atoms with Crippen molar-refractivity contribution in [3.63, 3.8) is 0 Å². The molecule has 4 rings (SSSR count). The summed E-state index contributed by atoms with van der Waals surface area (Å²) >= 11 is 0. The van der Waals surface area contributed by atoms with Gasteiger partial charge in [-0.1, -0.05) is 30.3 Å². The molecule has 0 bridgehead atoms. The van der Waals surface area contributed by atoms with Gasteiger partial charge in [0.05, 0.1) is 12.3 Å². The zero-order valence-electron chi connectivity index (χ0n) is 17.3. The van der Waals surface area contributed by atoms with Crippen LogP contribution >= 0.6 is 0 Å². The van der Waals surface area contributed by atoms with Crippen molar-refractivity contribution in [1.29, 1.82) is 0 Å². The first-order chi connectivity index (χ1) is 15.1. The Labute approximate surface area is 180 Å². The molecule has 0 atom stereocenters. The van der Waals surface area contributed by atoms with Crippen LogP contribution in [0.4, 0.5) is 20.5 Å². The highest BCUT2D eigenvalue weighted by atomic mass is 19.1. The second kappa shape index (κ2) is 9.34. The van der Waals surface area contributed by atoms with Crippen LogP contribution in [0.5, 0.6) is 0 Å². The van der Waals surface area contributed by atoms with Gasteiger partial charge in [0.1, 0.15) is 17.8 Å². The molecule has 0 radical (unpaired) electrons. The van der Waals surface area contributed by atoms with Gasteiger partial charge < -0.3 is 15.4 Å². The van der Waals surface area contributed by atoms with Crippen LogP contribution in [-0.4, -0.2) is 47.9 Å². The highest BCUT2D eigenvalue weighted by molar-refractivity contribution is 5.75. The number of rotatable bonds is 9. The smallest absolute Gasteiger partial charge is 0.224 e. The Hall–Kier alpha value is -3.13. The van der Waals surface area contributed by atoms with Crippen LogP contribution in [0, 0.1) is 5.82 Å². The molecule has 6 nitrogen and oxygen atoms in total. The monoisotopic (exact) mass is 425 g/mol. The Bertz CT molecular complexity index is 1010. The third-order valence-corrected chi connectivity index (χ3v) is 5.54. The molecule has 0 aliphatic heterocycles. The molecule has 0 spiro atoms. The number of aromatic nitrogens is 3. The summed E-state index contributed by atoms with van der Waals surface area (Å²) < 4.78 is 33.3. The number of hydrogen-bond donors (Lipinski definition) is 2. The summed E-state index contributed by atoms with van der Waals surface area (Å²) in [4.78, 5) is 13.3. The number of ether oxygens (including phenoxy) is 1. The molecule has 8 heteroatoms. The number of anilines is 2. The molecule has 1 aliphatic rings. The minimum Gasteiger partial charge on any atom is -0.383 e. The van der Waals surface area contributed by atoms with Crippen LogP contribution in [0.15, 0.2) is 54.9 Å². The van der Waals surface area contributed by atoms with E-state index in [0.717, 1.165) is 11.1 Å². The first-order valence-corrected chi connectivity index (χ1v) is 10.3. The number of nitrogens with zero attached hydrogens (tertiary/aromatic N) is 3. The Kier molecular flexibility index (Phi) is 6.36. The first kappa shape index (κ1) is 21.1. The number of pyridine rings is 1. The third kappa shape index (κ3) is 4.64. The van der Waals surface area contributed by atoms with Crippen molar-refractivity contribution in [3.8, 4) is 11.1 Å². The van der Waals surface area contributed by atoms with E-state index in [1.807, 2.05) is 30.3 Å². The normalized spacial score (nSPS) is 20.2. The van der Waals surface area contributed by atoms with Gasteiger partial charge in [0.15, 0.2) is 0 Å². The largest absolute Gasteiger partial charge is 0.383 e. The topological polar surface area (TPSA) is 72.0 Å². The zero-order chi connectivity index (χ0) is 21.7. The number of nitrogens with one attached hydrogen (secondary N) is 2. The van der Waals surface area contributed by atoms with E-state index in [1.165, 1.54) is 18.3 Å². The third-order valence-electron chi connectivity index (χ3n) is 5.54. The lowest BCUT2D eigenvalue weighted by Gasteiger charge is -2.43. The summed E-state index contributed by atoms with van der Waals surface area (Å²) in [5.41, 5.74) is 1.42. The molecule has 1 aliphatic carbocycles. The quantitative estimate of drug-likeness (QED) is 0.500. The highest BCUT2D eigenvalue weighted by Crippen LogP contribution is 2.45. The Morgan fingerprint density at radius 3 is 2.61 bits per heavy atom. The van der Waals surface area contributed by atoms with Crippen molar-refractivity contribution < 1.29 is 13.5 Å². The summed E-state index contributed by atoms with van der Waals surface area (Å²) in [5.74, 6) is 0.631. The van der Waals surface area contributed by atoms with Crippen LogP contribution in [0.2, 0.25) is 0 Å². The number of alkyl halides is 1. The molecule has 1 aromatic carbocycles. The minimum absolute atomic E-state index is 0.217. The van der Waals surface area contributed by atoms with Crippen molar-refractivity contribution in [1.82, 2.24) is 15.0 Å². The van der Waals surface area contributed by atoms with Crippen molar-refractivity contribution >= 4 is 11.8 Å². The highest BCUT2D eigenvalue weighted by Gasteiger charge is 2.48. The SMILES string of the molecule is COCCNc1nc(NC[C@]2(c3ncccc3F)C[C@H](F)C2)ncc1-c1ccccc1. The van der Waals surface area contributed by atoms with Crippen molar-refractivity contribution in [3.05, 3.63) is 66.4 Å². The van der Waals surface area contributed by atoms with Gasteiger partial charge in [-0.25, -0.2) is 13.8 Å². The maximum Gasteiger partial charge on any atom is 0.224 e. The molecule has 0 amide bonds. The van der Waals surface area contributed by atoms with Gasteiger partial charge in [0.25, 0.3) is 0 Å². The van der Waals surface area contributed by atoms with Crippen LogP contribution in [0.1, 0.15) is 18.5 Å². The fourth-order valence-electron chi connectivity index (χ4n) is 3.94. The van der Waals surface area contributed by atoms with Crippen molar-refractivity contribution in [2.24, 2.45) is 0 Å². The van der Waals surface area contributed by atoms with Gasteiger partial charge in [0.2, 0.25) is 5.95 Å². The second-order valence-corrected chi connectivity index (χ2v) is 7.71. The van der Waals surface area contributed by atoms with Crippen LogP contribution in [-0.2, 0) is 10.2 Å². The summed E-state index contributed by atoms with van der Waals surface area (Å²) in [7, 11) is 1.64. The molecular formula is C23H25F2N5O. The maximum absolute atomic E-state index is 14.4. The molecule has 3 aromatic rings. The average Bonchev–Trinajstić information content (AvgIpc) is 2.77. The van der Waals surface area contributed by atoms with E-state index in [2.05, 4.69) is 25.6 Å². The van der Waals surface area contributed by atoms with Crippen molar-refractivity contribution in [2.75, 3.05) is 37.4 Å². The van der Waals surface area contributed by atoms with E-state index in [9.17, 15) is 8.78 Å². The molecular weight excluding hydrogens is 400 g/mol. The Morgan fingerprint density at radius 2 is 1.90 bits per heavy atom. The van der Waals surface area contributed by atoms with E-state index in [4.69, 9.17) is 4.74 Å². The Morgan fingerprint density at radius 1 is 1.10 bits per heavy atom. The molecule has 2 aromatic heterocycles. The van der Waals surface area contributed by atoms with Gasteiger partial charge in [-0.15, -0.1) is 0 Å². The molecule has 0 saturated heterocycles. The molecule has 2 heterocycles. The van der Waals surface area contributed by atoms with E-state index >= 15 is 0 Å². The number of benzene rings is 1. The Balaban J connectivity index is 1.56. The molecule has 0 unspecified atom stereocenters. The first-order valence-electron chi connectivity index (χ1n) is 10.3. The second-order valence-electron chi connectivity index (χ2n) is 7.71. The fourth-order valence-corrected chi connectivity index (χ4v) is 3.94.